The first kappa shape index (κ1) is 37.4. The molecule has 0 bridgehead atoms. The van der Waals surface area contributed by atoms with E-state index in [1.54, 1.807) is 0 Å². The number of hydrogen-bond donors (Lipinski definition) is 0. The average molecular weight is 833 g/mol. The molecule has 0 aliphatic heterocycles. The van der Waals surface area contributed by atoms with Crippen LogP contribution in [-0.2, 0) is 6.42 Å². The van der Waals surface area contributed by atoms with E-state index in [-0.39, 0.29) is 0 Å². The zero-order valence-corrected chi connectivity index (χ0v) is 36.3. The van der Waals surface area contributed by atoms with E-state index in [4.69, 9.17) is 4.42 Å². The number of anilines is 5. The van der Waals surface area contributed by atoms with Crippen molar-refractivity contribution in [3.8, 4) is 0 Å². The van der Waals surface area contributed by atoms with Crippen LogP contribution in [0.25, 0.3) is 81.9 Å². The van der Waals surface area contributed by atoms with Gasteiger partial charge in [-0.25, -0.2) is 0 Å². The van der Waals surface area contributed by atoms with E-state index in [9.17, 15) is 0 Å². The van der Waals surface area contributed by atoms with E-state index >= 15 is 0 Å². The highest BCUT2D eigenvalue weighted by molar-refractivity contribution is 6.22. The topological polar surface area (TPSA) is 19.6 Å². The van der Waals surface area contributed by atoms with E-state index in [0.29, 0.717) is 0 Å². The molecule has 0 atom stereocenters. The number of fused-ring (bicyclic) bond motifs is 14. The summed E-state index contributed by atoms with van der Waals surface area (Å²) in [5.74, 6) is 0. The van der Waals surface area contributed by atoms with Gasteiger partial charge >= 0.3 is 0 Å². The number of aryl methyl sites for hydroxylation is 3. The molecule has 308 valence electrons. The lowest BCUT2D eigenvalue weighted by Crippen LogP contribution is -2.19. The Hall–Kier alpha value is -8.14. The van der Waals surface area contributed by atoms with Crippen LogP contribution in [0.1, 0.15) is 28.7 Å². The second-order valence-corrected chi connectivity index (χ2v) is 17.8. The molecular formula is C62H44N2O. The van der Waals surface area contributed by atoms with Gasteiger partial charge in [0.15, 0.2) is 0 Å². The predicted octanol–water partition coefficient (Wildman–Crippen LogP) is 17.6. The molecule has 65 heavy (non-hydrogen) atoms. The van der Waals surface area contributed by atoms with Crippen LogP contribution in [0.3, 0.4) is 0 Å². The largest absolute Gasteiger partial charge is 0.456 e. The number of benzene rings is 11. The molecule has 0 unspecified atom stereocenters. The molecular weight excluding hydrogens is 789 g/mol. The zero-order valence-electron chi connectivity index (χ0n) is 36.3. The second-order valence-electron chi connectivity index (χ2n) is 17.8. The van der Waals surface area contributed by atoms with Crippen molar-refractivity contribution in [3.63, 3.8) is 0 Å². The third-order valence-corrected chi connectivity index (χ3v) is 13.8. The lowest BCUT2D eigenvalue weighted by Gasteiger charge is -2.31. The summed E-state index contributed by atoms with van der Waals surface area (Å²) in [5.41, 5.74) is 13.7. The van der Waals surface area contributed by atoms with Gasteiger partial charge in [0.05, 0.1) is 0 Å². The second kappa shape index (κ2) is 14.7. The van der Waals surface area contributed by atoms with Crippen LogP contribution in [0.2, 0.25) is 0 Å². The normalized spacial score (nSPS) is 12.7. The van der Waals surface area contributed by atoms with Gasteiger partial charge in [-0.2, -0.15) is 0 Å². The molecule has 11 aromatic carbocycles. The Morgan fingerprint density at radius 3 is 1.45 bits per heavy atom. The summed E-state index contributed by atoms with van der Waals surface area (Å²) >= 11 is 0. The quantitative estimate of drug-likeness (QED) is 0.156. The number of furan rings is 1. The van der Waals surface area contributed by atoms with E-state index < -0.39 is 0 Å². The Labute approximate surface area is 377 Å². The maximum atomic E-state index is 7.17. The molecule has 0 spiro atoms. The molecule has 1 aliphatic rings. The number of allylic oxidation sites excluding steroid dienone is 1. The summed E-state index contributed by atoms with van der Waals surface area (Å²) in [6, 6.07) is 73.6. The molecule has 0 amide bonds. The lowest BCUT2D eigenvalue weighted by atomic mass is 9.87. The summed E-state index contributed by atoms with van der Waals surface area (Å²) in [4.78, 5) is 4.84. The van der Waals surface area contributed by atoms with Crippen molar-refractivity contribution in [1.29, 1.82) is 0 Å². The maximum Gasteiger partial charge on any atom is 0.139 e. The fourth-order valence-corrected chi connectivity index (χ4v) is 10.6. The summed E-state index contributed by atoms with van der Waals surface area (Å²) in [5, 5.41) is 14.8. The highest BCUT2D eigenvalue weighted by atomic mass is 16.3. The molecule has 1 heterocycles. The monoisotopic (exact) mass is 832 g/mol. The van der Waals surface area contributed by atoms with Crippen molar-refractivity contribution in [2.75, 3.05) is 9.80 Å². The third kappa shape index (κ3) is 6.11. The Bertz CT molecular complexity index is 3910. The number of hydrogen-bond acceptors (Lipinski definition) is 3. The molecule has 0 N–H and O–H groups in total. The first-order valence-corrected chi connectivity index (χ1v) is 22.7. The molecule has 13 rings (SSSR count). The van der Waals surface area contributed by atoms with Crippen LogP contribution in [0.15, 0.2) is 210 Å². The summed E-state index contributed by atoms with van der Waals surface area (Å²) < 4.78 is 7.17. The van der Waals surface area contributed by atoms with Crippen LogP contribution in [0.5, 0.6) is 0 Å². The average Bonchev–Trinajstić information content (AvgIpc) is 3.75. The summed E-state index contributed by atoms with van der Waals surface area (Å²) in [7, 11) is 0. The minimum atomic E-state index is 0.856. The molecule has 3 heteroatoms. The van der Waals surface area contributed by atoms with Gasteiger partial charge in [-0.1, -0.05) is 145 Å². The van der Waals surface area contributed by atoms with Crippen molar-refractivity contribution in [1.82, 2.24) is 0 Å². The van der Waals surface area contributed by atoms with Gasteiger partial charge in [-0.15, -0.1) is 0 Å². The minimum Gasteiger partial charge on any atom is -0.456 e. The molecule has 0 saturated heterocycles. The van der Waals surface area contributed by atoms with E-state index in [1.807, 2.05) is 0 Å². The van der Waals surface area contributed by atoms with Gasteiger partial charge in [0, 0.05) is 56.5 Å². The molecule has 0 fully saturated rings. The van der Waals surface area contributed by atoms with Crippen LogP contribution < -0.4 is 9.80 Å². The van der Waals surface area contributed by atoms with E-state index in [0.717, 1.165) is 57.8 Å². The Balaban J connectivity index is 0.985. The lowest BCUT2D eigenvalue weighted by molar-refractivity contribution is 0.661. The highest BCUT2D eigenvalue weighted by Crippen LogP contribution is 2.47. The van der Waals surface area contributed by atoms with Gasteiger partial charge in [-0.3, -0.25) is 0 Å². The van der Waals surface area contributed by atoms with Crippen LogP contribution >= 0.6 is 0 Å². The predicted molar refractivity (Wildman–Crippen MR) is 277 cm³/mol. The fraction of sp³-hybridized carbons (Fsp3) is 0.0645. The van der Waals surface area contributed by atoms with Crippen molar-refractivity contribution in [3.05, 3.63) is 228 Å². The number of nitrogens with zero attached hydrogens (tertiary/aromatic N) is 2. The summed E-state index contributed by atoms with van der Waals surface area (Å²) in [6.07, 6.45) is 4.16. The Morgan fingerprint density at radius 2 is 0.831 bits per heavy atom. The van der Waals surface area contributed by atoms with E-state index in [2.05, 4.69) is 230 Å². The molecule has 3 nitrogen and oxygen atoms in total. The van der Waals surface area contributed by atoms with Crippen molar-refractivity contribution in [2.45, 2.75) is 26.7 Å². The first-order valence-electron chi connectivity index (χ1n) is 22.7. The Kier molecular flexibility index (Phi) is 8.48. The van der Waals surface area contributed by atoms with Crippen LogP contribution in [-0.4, -0.2) is 0 Å². The standard InChI is InChI=1S/C62H44N2O/c1-39-15-25-45(26-16-39)63(47-29-23-43-21-19-41-9-3-5-11-51(41)57(43)35-47)49-31-33-55-59(37-49)53-13-7-8-14-54(53)61-56-34-32-50(38-60(56)65-62(55)61)64(46-27-17-40(2)18-28-46)48-30-24-44-22-20-42-10-4-6-12-52(42)58(44)36-48/h3-30,32,34-38H,31,33H2,1-2H3. The SMILES string of the molecule is Cc1ccc(N(C2=Cc3c(c4oc5cc(N(c6ccc(C)cc6)c6ccc7ccc8ccccc8c7c6)ccc5c4c4ccccc34)CC2)c2ccc3ccc4ccccc4c3c2)cc1. The van der Waals surface area contributed by atoms with Gasteiger partial charge in [0.2, 0.25) is 0 Å². The highest BCUT2D eigenvalue weighted by Gasteiger charge is 2.26. The molecule has 0 radical (unpaired) electrons. The molecule has 0 saturated carbocycles. The first-order chi connectivity index (χ1) is 32.0. The molecule has 12 aromatic rings. The van der Waals surface area contributed by atoms with Gasteiger partial charge in [0.1, 0.15) is 11.2 Å². The Morgan fingerprint density at radius 1 is 0.369 bits per heavy atom. The van der Waals surface area contributed by atoms with E-state index in [1.165, 1.54) is 87.2 Å². The van der Waals surface area contributed by atoms with Gasteiger partial charge in [-0.05, 0) is 153 Å². The molecule has 1 aromatic heterocycles. The van der Waals surface area contributed by atoms with Crippen molar-refractivity contribution >= 4 is 110 Å². The summed E-state index contributed by atoms with van der Waals surface area (Å²) in [6.45, 7) is 4.30. The smallest absolute Gasteiger partial charge is 0.139 e. The van der Waals surface area contributed by atoms with Crippen LogP contribution in [0.4, 0.5) is 28.4 Å². The molecule has 1 aliphatic carbocycles. The van der Waals surface area contributed by atoms with Crippen LogP contribution in [0, 0.1) is 13.8 Å². The van der Waals surface area contributed by atoms with Crippen molar-refractivity contribution in [2.24, 2.45) is 0 Å². The zero-order chi connectivity index (χ0) is 43.2. The number of rotatable bonds is 6. The minimum absolute atomic E-state index is 0.856. The van der Waals surface area contributed by atoms with Crippen molar-refractivity contribution < 1.29 is 4.42 Å². The maximum absolute atomic E-state index is 7.17. The fourth-order valence-electron chi connectivity index (χ4n) is 10.6. The third-order valence-electron chi connectivity index (χ3n) is 13.8. The van der Waals surface area contributed by atoms with Gasteiger partial charge < -0.3 is 14.2 Å². The van der Waals surface area contributed by atoms with Gasteiger partial charge in [0.25, 0.3) is 0 Å².